The van der Waals surface area contributed by atoms with Crippen molar-refractivity contribution in [2.45, 2.75) is 24.8 Å². The Balaban J connectivity index is 1.92. The second-order valence-corrected chi connectivity index (χ2v) is 7.46. The van der Waals surface area contributed by atoms with E-state index < -0.39 is 17.4 Å². The quantitative estimate of drug-likeness (QED) is 0.565. The van der Waals surface area contributed by atoms with Crippen molar-refractivity contribution in [2.75, 3.05) is 14.2 Å². The van der Waals surface area contributed by atoms with Gasteiger partial charge < -0.3 is 14.8 Å². The fourth-order valence-corrected chi connectivity index (χ4v) is 3.61. The van der Waals surface area contributed by atoms with Crippen LogP contribution in [0, 0.1) is 0 Å². The maximum atomic E-state index is 13.6. The van der Waals surface area contributed by atoms with Crippen molar-refractivity contribution in [1.82, 2.24) is 5.32 Å². The highest BCUT2D eigenvalue weighted by molar-refractivity contribution is 5.94. The number of esters is 1. The van der Waals surface area contributed by atoms with Crippen LogP contribution in [-0.2, 0) is 26.2 Å². The van der Waals surface area contributed by atoms with Gasteiger partial charge in [0.2, 0.25) is 5.91 Å². The molecule has 0 aliphatic rings. The highest BCUT2D eigenvalue weighted by Crippen LogP contribution is 2.32. The molecule has 0 unspecified atom stereocenters. The zero-order chi connectivity index (χ0) is 22.3. The number of benzene rings is 3. The van der Waals surface area contributed by atoms with E-state index in [1.165, 1.54) is 7.11 Å². The van der Waals surface area contributed by atoms with Crippen LogP contribution >= 0.6 is 0 Å². The minimum Gasteiger partial charge on any atom is -0.497 e. The van der Waals surface area contributed by atoms with E-state index in [9.17, 15) is 9.59 Å². The lowest BCUT2D eigenvalue weighted by molar-refractivity contribution is -0.145. The number of carbonyl (C=O) groups excluding carboxylic acids is 2. The lowest BCUT2D eigenvalue weighted by atomic mass is 9.75. The van der Waals surface area contributed by atoms with Crippen molar-refractivity contribution in [3.8, 4) is 5.75 Å². The van der Waals surface area contributed by atoms with Crippen LogP contribution in [0.4, 0.5) is 0 Å². The lowest BCUT2D eigenvalue weighted by Gasteiger charge is -2.31. The van der Waals surface area contributed by atoms with E-state index in [1.807, 2.05) is 91.9 Å². The summed E-state index contributed by atoms with van der Waals surface area (Å²) in [5.41, 5.74) is 1.59. The van der Waals surface area contributed by atoms with Crippen molar-refractivity contribution in [3.63, 3.8) is 0 Å². The van der Waals surface area contributed by atoms with Gasteiger partial charge in [-0.3, -0.25) is 4.79 Å². The molecule has 0 aromatic heterocycles. The second kappa shape index (κ2) is 9.94. The largest absolute Gasteiger partial charge is 0.497 e. The van der Waals surface area contributed by atoms with Crippen LogP contribution in [0.3, 0.4) is 0 Å². The molecule has 0 spiro atoms. The molecule has 31 heavy (non-hydrogen) atoms. The Bertz CT molecular complexity index is 961. The number of ether oxygens (including phenoxy) is 2. The summed E-state index contributed by atoms with van der Waals surface area (Å²) in [4.78, 5) is 26.2. The van der Waals surface area contributed by atoms with E-state index in [0.717, 1.165) is 22.4 Å². The van der Waals surface area contributed by atoms with Crippen LogP contribution in [0.2, 0.25) is 0 Å². The van der Waals surface area contributed by atoms with Crippen LogP contribution in [0.25, 0.3) is 0 Å². The van der Waals surface area contributed by atoms with Gasteiger partial charge in [-0.2, -0.15) is 0 Å². The van der Waals surface area contributed by atoms with E-state index in [2.05, 4.69) is 5.32 Å². The van der Waals surface area contributed by atoms with E-state index in [4.69, 9.17) is 9.47 Å². The summed E-state index contributed by atoms with van der Waals surface area (Å²) in [6.07, 6.45) is 0.308. The number of amides is 1. The number of hydrogen-bond acceptors (Lipinski definition) is 4. The molecule has 0 saturated heterocycles. The molecule has 3 aromatic rings. The molecule has 3 aromatic carbocycles. The highest BCUT2D eigenvalue weighted by atomic mass is 16.5. The highest BCUT2D eigenvalue weighted by Gasteiger charge is 2.39. The predicted molar refractivity (Wildman–Crippen MR) is 120 cm³/mol. The standard InChI is InChI=1S/C26H27NO4/c1-26(20-10-6-4-7-11-20,21-12-8-5-9-13-21)25(29)27-23(24(28)31-3)18-19-14-16-22(30-2)17-15-19/h4-17,23H,18H2,1-3H3,(H,27,29)/t23-/m0/s1. The molecule has 3 rings (SSSR count). The normalized spacial score (nSPS) is 12.0. The summed E-state index contributed by atoms with van der Waals surface area (Å²) in [6.45, 7) is 1.87. The third-order valence-corrected chi connectivity index (χ3v) is 5.55. The topological polar surface area (TPSA) is 64.6 Å². The Labute approximate surface area is 183 Å². The van der Waals surface area contributed by atoms with Gasteiger partial charge in [-0.1, -0.05) is 72.8 Å². The molecular formula is C26H27NO4. The molecule has 0 radical (unpaired) electrons. The average Bonchev–Trinajstić information content (AvgIpc) is 2.84. The number of nitrogens with one attached hydrogen (secondary N) is 1. The van der Waals surface area contributed by atoms with Crippen molar-refractivity contribution >= 4 is 11.9 Å². The maximum absolute atomic E-state index is 13.6. The summed E-state index contributed by atoms with van der Waals surface area (Å²) >= 11 is 0. The molecule has 5 nitrogen and oxygen atoms in total. The number of hydrogen-bond donors (Lipinski definition) is 1. The lowest BCUT2D eigenvalue weighted by Crippen LogP contribution is -2.51. The zero-order valence-electron chi connectivity index (χ0n) is 18.0. The van der Waals surface area contributed by atoms with E-state index in [0.29, 0.717) is 6.42 Å². The first-order valence-electron chi connectivity index (χ1n) is 10.1. The van der Waals surface area contributed by atoms with Gasteiger partial charge in [-0.25, -0.2) is 4.79 Å². The molecule has 0 bridgehead atoms. The molecule has 0 heterocycles. The van der Waals surface area contributed by atoms with Crippen molar-refractivity contribution in [1.29, 1.82) is 0 Å². The van der Waals surface area contributed by atoms with Crippen LogP contribution in [0.5, 0.6) is 5.75 Å². The Morgan fingerprint density at radius 1 is 0.839 bits per heavy atom. The predicted octanol–water partition coefficient (Wildman–Crippen LogP) is 3.90. The fourth-order valence-electron chi connectivity index (χ4n) is 3.61. The number of methoxy groups -OCH3 is 2. The van der Waals surface area contributed by atoms with Crippen molar-refractivity contribution in [2.24, 2.45) is 0 Å². The van der Waals surface area contributed by atoms with Gasteiger partial charge in [0.1, 0.15) is 11.8 Å². The van der Waals surface area contributed by atoms with Gasteiger partial charge in [-0.05, 0) is 35.7 Å². The van der Waals surface area contributed by atoms with E-state index in [-0.39, 0.29) is 5.91 Å². The Hall–Kier alpha value is -3.60. The van der Waals surface area contributed by atoms with Crippen LogP contribution in [-0.4, -0.2) is 32.1 Å². The molecule has 5 heteroatoms. The molecule has 0 fully saturated rings. The van der Waals surface area contributed by atoms with Gasteiger partial charge in [0.25, 0.3) is 0 Å². The Morgan fingerprint density at radius 3 is 1.81 bits per heavy atom. The summed E-state index contributed by atoms with van der Waals surface area (Å²) < 4.78 is 10.2. The van der Waals surface area contributed by atoms with Gasteiger partial charge in [0.05, 0.1) is 19.6 Å². The monoisotopic (exact) mass is 417 g/mol. The molecule has 1 amide bonds. The minimum absolute atomic E-state index is 0.270. The summed E-state index contributed by atoms with van der Waals surface area (Å²) in [6, 6.07) is 25.7. The molecule has 1 atom stereocenters. The van der Waals surface area contributed by atoms with Gasteiger partial charge in [0.15, 0.2) is 0 Å². The summed E-state index contributed by atoms with van der Waals surface area (Å²) in [5.74, 6) is -0.0374. The van der Waals surface area contributed by atoms with E-state index >= 15 is 0 Å². The fraction of sp³-hybridized carbons (Fsp3) is 0.231. The van der Waals surface area contributed by atoms with Crippen molar-refractivity contribution in [3.05, 3.63) is 102 Å². The zero-order valence-corrected chi connectivity index (χ0v) is 18.0. The van der Waals surface area contributed by atoms with Crippen LogP contribution < -0.4 is 10.1 Å². The summed E-state index contributed by atoms with van der Waals surface area (Å²) in [5, 5.41) is 2.94. The third-order valence-electron chi connectivity index (χ3n) is 5.55. The van der Waals surface area contributed by atoms with E-state index in [1.54, 1.807) is 7.11 Å². The molecule has 0 aliphatic carbocycles. The Morgan fingerprint density at radius 2 is 1.35 bits per heavy atom. The first kappa shape index (κ1) is 22.1. The molecule has 1 N–H and O–H groups in total. The van der Waals surface area contributed by atoms with Gasteiger partial charge in [-0.15, -0.1) is 0 Å². The Kier molecular flexibility index (Phi) is 7.08. The third kappa shape index (κ3) is 4.94. The minimum atomic E-state index is -0.977. The molecule has 160 valence electrons. The first-order valence-corrected chi connectivity index (χ1v) is 10.1. The average molecular weight is 418 g/mol. The van der Waals surface area contributed by atoms with Gasteiger partial charge >= 0.3 is 5.97 Å². The molecule has 0 aliphatic heterocycles. The number of carbonyl (C=O) groups is 2. The maximum Gasteiger partial charge on any atom is 0.328 e. The van der Waals surface area contributed by atoms with Crippen LogP contribution in [0.1, 0.15) is 23.6 Å². The number of rotatable bonds is 8. The first-order chi connectivity index (χ1) is 15.0. The van der Waals surface area contributed by atoms with Crippen LogP contribution in [0.15, 0.2) is 84.9 Å². The van der Waals surface area contributed by atoms with Gasteiger partial charge in [0, 0.05) is 6.42 Å². The van der Waals surface area contributed by atoms with Crippen molar-refractivity contribution < 1.29 is 19.1 Å². The molecule has 0 saturated carbocycles. The SMILES string of the molecule is COC(=O)[C@H](Cc1ccc(OC)cc1)NC(=O)C(C)(c1ccccc1)c1ccccc1. The molecular weight excluding hydrogens is 390 g/mol. The smallest absolute Gasteiger partial charge is 0.328 e. The summed E-state index contributed by atoms with van der Waals surface area (Å²) in [7, 11) is 2.92. The second-order valence-electron chi connectivity index (χ2n) is 7.46.